The number of carboxylic acids is 1. The van der Waals surface area contributed by atoms with Crippen molar-refractivity contribution in [2.24, 2.45) is 5.92 Å². The third kappa shape index (κ3) is 1.75. The maximum absolute atomic E-state index is 11.8. The maximum atomic E-state index is 11.8. The summed E-state index contributed by atoms with van der Waals surface area (Å²) in [7, 11) is 0. The van der Waals surface area contributed by atoms with Crippen molar-refractivity contribution in [1.82, 2.24) is 4.90 Å². The summed E-state index contributed by atoms with van der Waals surface area (Å²) in [6.45, 7) is 5.10. The molecule has 2 fully saturated rings. The quantitative estimate of drug-likeness (QED) is 0.799. The average molecular weight is 225 g/mol. The molecular weight excluding hydrogens is 202 g/mol. The van der Waals surface area contributed by atoms with Crippen LogP contribution in [0.15, 0.2) is 0 Å². The summed E-state index contributed by atoms with van der Waals surface area (Å²) in [5.74, 6) is -0.298. The molecule has 3 heteroatoms. The molecule has 1 N–H and O–H groups in total. The largest absolute Gasteiger partial charge is 0.480 e. The number of likely N-dealkylation sites (N-methyl/N-ethyl adjacent to an activating group) is 1. The van der Waals surface area contributed by atoms with E-state index in [0.717, 1.165) is 25.8 Å². The molecule has 2 aliphatic carbocycles. The number of carboxylic acid groups (broad SMARTS) is 1. The summed E-state index contributed by atoms with van der Waals surface area (Å²) in [4.78, 5) is 14.1. The molecule has 0 amide bonds. The normalized spacial score (nSPS) is 35.3. The van der Waals surface area contributed by atoms with Gasteiger partial charge >= 0.3 is 5.97 Å². The summed E-state index contributed by atoms with van der Waals surface area (Å²) in [6.07, 6.45) is 6.55. The van der Waals surface area contributed by atoms with E-state index < -0.39 is 11.5 Å². The van der Waals surface area contributed by atoms with Gasteiger partial charge in [-0.3, -0.25) is 9.69 Å². The molecule has 0 saturated heterocycles. The molecule has 0 heterocycles. The minimum Gasteiger partial charge on any atom is -0.480 e. The molecule has 0 aliphatic heterocycles. The fourth-order valence-corrected chi connectivity index (χ4v) is 3.45. The van der Waals surface area contributed by atoms with Crippen molar-refractivity contribution in [3.05, 3.63) is 0 Å². The highest BCUT2D eigenvalue weighted by atomic mass is 16.4. The molecule has 0 aromatic heterocycles. The van der Waals surface area contributed by atoms with Crippen LogP contribution >= 0.6 is 0 Å². The molecule has 3 nitrogen and oxygen atoms in total. The van der Waals surface area contributed by atoms with Crippen LogP contribution in [0.25, 0.3) is 0 Å². The number of nitrogens with zero attached hydrogens (tertiary/aromatic N) is 1. The molecule has 16 heavy (non-hydrogen) atoms. The average Bonchev–Trinajstić information content (AvgIpc) is 3.05. The first kappa shape index (κ1) is 11.9. The molecule has 2 saturated carbocycles. The third-order valence-electron chi connectivity index (χ3n) is 4.47. The fraction of sp³-hybridized carbons (Fsp3) is 0.923. The van der Waals surface area contributed by atoms with E-state index in [1.54, 1.807) is 0 Å². The van der Waals surface area contributed by atoms with E-state index in [9.17, 15) is 9.90 Å². The van der Waals surface area contributed by atoms with E-state index in [-0.39, 0.29) is 0 Å². The zero-order chi connectivity index (χ0) is 11.8. The molecule has 0 radical (unpaired) electrons. The molecule has 0 bridgehead atoms. The van der Waals surface area contributed by atoms with Crippen LogP contribution in [0.3, 0.4) is 0 Å². The van der Waals surface area contributed by atoms with E-state index in [1.165, 1.54) is 19.3 Å². The van der Waals surface area contributed by atoms with Gasteiger partial charge in [0.25, 0.3) is 0 Å². The second-order valence-corrected chi connectivity index (χ2v) is 5.39. The number of hydrogen-bond acceptors (Lipinski definition) is 2. The topological polar surface area (TPSA) is 40.5 Å². The summed E-state index contributed by atoms with van der Waals surface area (Å²) >= 11 is 0. The highest BCUT2D eigenvalue weighted by Crippen LogP contribution is 2.43. The van der Waals surface area contributed by atoms with Crippen molar-refractivity contribution < 1.29 is 9.90 Å². The van der Waals surface area contributed by atoms with Crippen LogP contribution in [0.2, 0.25) is 0 Å². The van der Waals surface area contributed by atoms with Gasteiger partial charge in [-0.2, -0.15) is 0 Å². The second kappa shape index (κ2) is 4.36. The van der Waals surface area contributed by atoms with Gasteiger partial charge in [-0.05, 0) is 38.1 Å². The Labute approximate surface area is 97.8 Å². The zero-order valence-corrected chi connectivity index (χ0v) is 10.4. The molecule has 2 rings (SSSR count). The second-order valence-electron chi connectivity index (χ2n) is 5.39. The Kier molecular flexibility index (Phi) is 3.24. The lowest BCUT2D eigenvalue weighted by molar-refractivity contribution is -0.159. The van der Waals surface area contributed by atoms with Crippen LogP contribution in [-0.4, -0.2) is 34.1 Å². The van der Waals surface area contributed by atoms with Crippen molar-refractivity contribution in [3.8, 4) is 0 Å². The molecule has 92 valence electrons. The van der Waals surface area contributed by atoms with Crippen LogP contribution in [0.5, 0.6) is 0 Å². The van der Waals surface area contributed by atoms with Crippen molar-refractivity contribution in [2.75, 3.05) is 6.54 Å². The SMILES string of the molecule is CCN(C1CC1)C1(C(=O)O)CCCCC1C. The number of hydrogen-bond donors (Lipinski definition) is 1. The Morgan fingerprint density at radius 2 is 2.06 bits per heavy atom. The predicted octanol–water partition coefficient (Wildman–Crippen LogP) is 2.50. The van der Waals surface area contributed by atoms with Crippen LogP contribution in [0, 0.1) is 5.92 Å². The van der Waals surface area contributed by atoms with Crippen LogP contribution in [-0.2, 0) is 4.79 Å². The highest BCUT2D eigenvalue weighted by molar-refractivity contribution is 5.79. The third-order valence-corrected chi connectivity index (χ3v) is 4.47. The first-order valence-corrected chi connectivity index (χ1v) is 6.63. The van der Waals surface area contributed by atoms with Gasteiger partial charge in [-0.15, -0.1) is 0 Å². The van der Waals surface area contributed by atoms with E-state index in [2.05, 4.69) is 18.7 Å². The lowest BCUT2D eigenvalue weighted by atomic mass is 9.72. The zero-order valence-electron chi connectivity index (χ0n) is 10.4. The van der Waals surface area contributed by atoms with Gasteiger partial charge in [0.05, 0.1) is 0 Å². The number of rotatable bonds is 4. The first-order valence-electron chi connectivity index (χ1n) is 6.63. The molecule has 0 aromatic carbocycles. The molecule has 0 spiro atoms. The lowest BCUT2D eigenvalue weighted by Gasteiger charge is -2.47. The molecule has 0 aromatic rings. The van der Waals surface area contributed by atoms with Gasteiger partial charge in [0.1, 0.15) is 5.54 Å². The van der Waals surface area contributed by atoms with Gasteiger partial charge in [0.2, 0.25) is 0 Å². The van der Waals surface area contributed by atoms with Crippen LogP contribution < -0.4 is 0 Å². The van der Waals surface area contributed by atoms with Gasteiger partial charge in [-0.1, -0.05) is 26.7 Å². The lowest BCUT2D eigenvalue weighted by Crippen LogP contribution is -2.60. The summed E-state index contributed by atoms with van der Waals surface area (Å²) < 4.78 is 0. The molecule has 2 atom stereocenters. The Morgan fingerprint density at radius 1 is 1.38 bits per heavy atom. The van der Waals surface area contributed by atoms with E-state index >= 15 is 0 Å². The standard InChI is InChI=1S/C13H23NO2/c1-3-14(11-7-8-11)13(12(15)16)9-5-4-6-10(13)2/h10-11H,3-9H2,1-2H3,(H,15,16). The Morgan fingerprint density at radius 3 is 2.50 bits per heavy atom. The Hall–Kier alpha value is -0.570. The van der Waals surface area contributed by atoms with E-state index in [0.29, 0.717) is 12.0 Å². The van der Waals surface area contributed by atoms with Crippen LogP contribution in [0.1, 0.15) is 52.4 Å². The van der Waals surface area contributed by atoms with Crippen LogP contribution in [0.4, 0.5) is 0 Å². The number of aliphatic carboxylic acids is 1. The van der Waals surface area contributed by atoms with E-state index in [4.69, 9.17) is 0 Å². The minimum atomic E-state index is -0.589. The smallest absolute Gasteiger partial charge is 0.324 e. The molecule has 2 unspecified atom stereocenters. The monoisotopic (exact) mass is 225 g/mol. The maximum Gasteiger partial charge on any atom is 0.324 e. The van der Waals surface area contributed by atoms with Crippen molar-refractivity contribution >= 4 is 5.97 Å². The molecular formula is C13H23NO2. The number of carbonyl (C=O) groups is 1. The summed E-state index contributed by atoms with van der Waals surface area (Å²) in [5.41, 5.74) is -0.561. The highest BCUT2D eigenvalue weighted by Gasteiger charge is 2.52. The summed E-state index contributed by atoms with van der Waals surface area (Å²) in [5, 5.41) is 9.70. The van der Waals surface area contributed by atoms with Crippen molar-refractivity contribution in [1.29, 1.82) is 0 Å². The Balaban J connectivity index is 2.28. The summed E-state index contributed by atoms with van der Waals surface area (Å²) in [6, 6.07) is 0.543. The Bertz CT molecular complexity index is 275. The van der Waals surface area contributed by atoms with Crippen molar-refractivity contribution in [3.63, 3.8) is 0 Å². The predicted molar refractivity (Wildman–Crippen MR) is 63.4 cm³/mol. The van der Waals surface area contributed by atoms with Gasteiger partial charge in [-0.25, -0.2) is 0 Å². The fourth-order valence-electron chi connectivity index (χ4n) is 3.45. The van der Waals surface area contributed by atoms with Gasteiger partial charge in [0.15, 0.2) is 0 Å². The molecule has 2 aliphatic rings. The minimum absolute atomic E-state index is 0.291. The van der Waals surface area contributed by atoms with Crippen molar-refractivity contribution in [2.45, 2.75) is 64.0 Å². The van der Waals surface area contributed by atoms with Gasteiger partial charge in [0, 0.05) is 6.04 Å². The van der Waals surface area contributed by atoms with E-state index in [1.807, 2.05) is 0 Å². The van der Waals surface area contributed by atoms with Gasteiger partial charge < -0.3 is 5.11 Å². The first-order chi connectivity index (χ1) is 7.63.